The number of fused-ring (bicyclic) bond motifs is 1. The van der Waals surface area contributed by atoms with E-state index in [1.54, 1.807) is 19.2 Å². The van der Waals surface area contributed by atoms with Gasteiger partial charge < -0.3 is 10.1 Å². The van der Waals surface area contributed by atoms with Gasteiger partial charge in [-0.05, 0) is 55.9 Å². The highest BCUT2D eigenvalue weighted by molar-refractivity contribution is 5.92. The molecule has 3 aromatic rings. The Balaban J connectivity index is 1.35. The van der Waals surface area contributed by atoms with Crippen LogP contribution in [0.1, 0.15) is 25.7 Å². The molecule has 4 rings (SSSR count). The van der Waals surface area contributed by atoms with E-state index in [0.29, 0.717) is 29.1 Å². The van der Waals surface area contributed by atoms with E-state index in [-0.39, 0.29) is 17.4 Å². The Hall–Kier alpha value is -3.22. The second-order valence-corrected chi connectivity index (χ2v) is 7.53. The summed E-state index contributed by atoms with van der Waals surface area (Å²) in [5, 5.41) is 11.8. The van der Waals surface area contributed by atoms with Gasteiger partial charge in [0.05, 0.1) is 12.5 Å². The zero-order valence-electron chi connectivity index (χ0n) is 16.4. The van der Waals surface area contributed by atoms with Crippen molar-refractivity contribution in [3.63, 3.8) is 0 Å². The van der Waals surface area contributed by atoms with Gasteiger partial charge in [0.1, 0.15) is 11.3 Å². The zero-order valence-corrected chi connectivity index (χ0v) is 16.4. The van der Waals surface area contributed by atoms with E-state index in [1.807, 2.05) is 36.4 Å². The molecular weight excluding hydrogens is 368 g/mol. The van der Waals surface area contributed by atoms with E-state index in [9.17, 15) is 9.59 Å². The molecule has 150 valence electrons. The standard InChI is InChI=1S/C22H24N4O3/c1-29-18-6-4-5-17(13-18)23-21(27)16-11-9-15(10-12-16)14-26-22(28)19-7-2-3-8-20(19)24-25-26/h2-8,13,15-16H,9-12,14H2,1H3,(H,23,27). The fourth-order valence-electron chi connectivity index (χ4n) is 3.94. The molecule has 1 aliphatic carbocycles. The molecule has 29 heavy (non-hydrogen) atoms. The number of methoxy groups -OCH3 is 1. The van der Waals surface area contributed by atoms with Crippen molar-refractivity contribution in [2.75, 3.05) is 12.4 Å². The molecule has 0 saturated heterocycles. The van der Waals surface area contributed by atoms with Crippen LogP contribution in [0.25, 0.3) is 10.9 Å². The van der Waals surface area contributed by atoms with Gasteiger partial charge in [0, 0.05) is 24.2 Å². The summed E-state index contributed by atoms with van der Waals surface area (Å²) in [6, 6.07) is 14.6. The summed E-state index contributed by atoms with van der Waals surface area (Å²) in [5.74, 6) is 1.06. The maximum atomic E-state index is 12.6. The van der Waals surface area contributed by atoms with Gasteiger partial charge in [-0.25, -0.2) is 4.68 Å². The Labute approximate surface area is 168 Å². The van der Waals surface area contributed by atoms with E-state index in [0.717, 1.165) is 31.4 Å². The maximum Gasteiger partial charge on any atom is 0.277 e. The van der Waals surface area contributed by atoms with Crippen molar-refractivity contribution in [1.82, 2.24) is 15.0 Å². The minimum atomic E-state index is -0.103. The molecule has 1 amide bonds. The summed E-state index contributed by atoms with van der Waals surface area (Å²) >= 11 is 0. The van der Waals surface area contributed by atoms with E-state index in [4.69, 9.17) is 4.74 Å². The zero-order chi connectivity index (χ0) is 20.2. The van der Waals surface area contributed by atoms with Crippen molar-refractivity contribution in [2.45, 2.75) is 32.2 Å². The maximum absolute atomic E-state index is 12.6. The minimum absolute atomic E-state index is 0.0168. The second kappa shape index (κ2) is 8.43. The number of carbonyl (C=O) groups excluding carboxylic acids is 1. The van der Waals surface area contributed by atoms with Gasteiger partial charge >= 0.3 is 0 Å². The van der Waals surface area contributed by atoms with E-state index in [2.05, 4.69) is 15.6 Å². The number of anilines is 1. The highest BCUT2D eigenvalue weighted by atomic mass is 16.5. The number of benzene rings is 2. The summed E-state index contributed by atoms with van der Waals surface area (Å²) in [6.07, 6.45) is 3.38. The number of hydrogen-bond acceptors (Lipinski definition) is 5. The predicted molar refractivity (Wildman–Crippen MR) is 111 cm³/mol. The molecule has 1 aromatic heterocycles. The summed E-state index contributed by atoms with van der Waals surface area (Å²) < 4.78 is 6.66. The fraction of sp³-hybridized carbons (Fsp3) is 0.364. The third kappa shape index (κ3) is 4.29. The summed E-state index contributed by atoms with van der Waals surface area (Å²) in [6.45, 7) is 0.543. The molecule has 0 radical (unpaired) electrons. The van der Waals surface area contributed by atoms with E-state index >= 15 is 0 Å². The lowest BCUT2D eigenvalue weighted by molar-refractivity contribution is -0.121. The van der Waals surface area contributed by atoms with E-state index in [1.165, 1.54) is 4.68 Å². The Morgan fingerprint density at radius 3 is 2.72 bits per heavy atom. The van der Waals surface area contributed by atoms with Crippen LogP contribution in [0.3, 0.4) is 0 Å². The first-order valence-corrected chi connectivity index (χ1v) is 9.91. The molecule has 7 heteroatoms. The van der Waals surface area contributed by atoms with Gasteiger partial charge in [0.2, 0.25) is 5.91 Å². The Kier molecular flexibility index (Phi) is 5.55. The number of nitrogens with one attached hydrogen (secondary N) is 1. The third-order valence-electron chi connectivity index (χ3n) is 5.62. The first-order valence-electron chi connectivity index (χ1n) is 9.91. The van der Waals surface area contributed by atoms with Gasteiger partial charge in [-0.15, -0.1) is 5.10 Å². The molecule has 0 spiro atoms. The largest absolute Gasteiger partial charge is 0.497 e. The highest BCUT2D eigenvalue weighted by Gasteiger charge is 2.27. The van der Waals surface area contributed by atoms with Gasteiger partial charge in [-0.2, -0.15) is 0 Å². The lowest BCUT2D eigenvalue weighted by Gasteiger charge is -2.27. The first kappa shape index (κ1) is 19.1. The van der Waals surface area contributed by atoms with Crippen molar-refractivity contribution < 1.29 is 9.53 Å². The Morgan fingerprint density at radius 1 is 1.14 bits per heavy atom. The molecule has 1 heterocycles. The summed E-state index contributed by atoms with van der Waals surface area (Å²) in [4.78, 5) is 25.2. The minimum Gasteiger partial charge on any atom is -0.497 e. The lowest BCUT2D eigenvalue weighted by atomic mass is 9.81. The SMILES string of the molecule is COc1cccc(NC(=O)C2CCC(Cn3nnc4ccccc4c3=O)CC2)c1. The lowest BCUT2D eigenvalue weighted by Crippen LogP contribution is -2.32. The number of carbonyl (C=O) groups is 1. The van der Waals surface area contributed by atoms with Crippen LogP contribution in [-0.4, -0.2) is 28.0 Å². The van der Waals surface area contributed by atoms with Gasteiger partial charge in [-0.3, -0.25) is 9.59 Å². The molecule has 0 aliphatic heterocycles. The van der Waals surface area contributed by atoms with Crippen molar-refractivity contribution in [2.24, 2.45) is 11.8 Å². The first-order chi connectivity index (χ1) is 14.1. The van der Waals surface area contributed by atoms with Crippen LogP contribution in [-0.2, 0) is 11.3 Å². The van der Waals surface area contributed by atoms with E-state index < -0.39 is 0 Å². The van der Waals surface area contributed by atoms with Gasteiger partial charge in [0.15, 0.2) is 0 Å². The van der Waals surface area contributed by atoms with Crippen LogP contribution in [0, 0.1) is 11.8 Å². The number of ether oxygens (including phenoxy) is 1. The quantitative estimate of drug-likeness (QED) is 0.720. The molecule has 0 bridgehead atoms. The van der Waals surface area contributed by atoms with Crippen LogP contribution < -0.4 is 15.6 Å². The molecular formula is C22H24N4O3. The average molecular weight is 392 g/mol. The second-order valence-electron chi connectivity index (χ2n) is 7.53. The van der Waals surface area contributed by atoms with Crippen LogP contribution >= 0.6 is 0 Å². The predicted octanol–water partition coefficient (Wildman–Crippen LogP) is 3.25. The normalized spacial score (nSPS) is 19.1. The molecule has 1 fully saturated rings. The van der Waals surface area contributed by atoms with Crippen LogP contribution in [0.4, 0.5) is 5.69 Å². The monoisotopic (exact) mass is 392 g/mol. The molecule has 0 atom stereocenters. The molecule has 1 aliphatic rings. The highest BCUT2D eigenvalue weighted by Crippen LogP contribution is 2.30. The van der Waals surface area contributed by atoms with Crippen LogP contribution in [0.2, 0.25) is 0 Å². The van der Waals surface area contributed by atoms with Crippen molar-refractivity contribution in [1.29, 1.82) is 0 Å². The van der Waals surface area contributed by atoms with Gasteiger partial charge in [0.25, 0.3) is 5.56 Å². The number of nitrogens with zero attached hydrogens (tertiary/aromatic N) is 3. The van der Waals surface area contributed by atoms with Crippen LogP contribution in [0.5, 0.6) is 5.75 Å². The number of hydrogen-bond donors (Lipinski definition) is 1. The molecule has 2 aromatic carbocycles. The van der Waals surface area contributed by atoms with Crippen molar-refractivity contribution >= 4 is 22.5 Å². The average Bonchev–Trinajstić information content (AvgIpc) is 2.76. The third-order valence-corrected chi connectivity index (χ3v) is 5.62. The van der Waals surface area contributed by atoms with Crippen molar-refractivity contribution in [3.8, 4) is 5.75 Å². The Bertz CT molecular complexity index is 1070. The Morgan fingerprint density at radius 2 is 1.93 bits per heavy atom. The molecule has 1 N–H and O–H groups in total. The van der Waals surface area contributed by atoms with Crippen molar-refractivity contribution in [3.05, 3.63) is 58.9 Å². The van der Waals surface area contributed by atoms with Gasteiger partial charge in [-0.1, -0.05) is 23.4 Å². The number of aromatic nitrogens is 3. The topological polar surface area (TPSA) is 86.1 Å². The number of rotatable bonds is 5. The smallest absolute Gasteiger partial charge is 0.277 e. The van der Waals surface area contributed by atoms with Crippen LogP contribution in [0.15, 0.2) is 53.3 Å². The molecule has 1 saturated carbocycles. The summed E-state index contributed by atoms with van der Waals surface area (Å²) in [7, 11) is 1.60. The molecule has 7 nitrogen and oxygen atoms in total. The summed E-state index contributed by atoms with van der Waals surface area (Å²) in [5.41, 5.74) is 1.26. The molecule has 0 unspecified atom stereocenters. The fourth-order valence-corrected chi connectivity index (χ4v) is 3.94. The number of amides is 1.